The Kier molecular flexibility index (Phi) is 8.50. The number of anilines is 1. The number of alkyl carbamates (subject to hydrolysis) is 1. The van der Waals surface area contributed by atoms with E-state index in [2.05, 4.69) is 26.3 Å². The Morgan fingerprint density at radius 1 is 1.18 bits per heavy atom. The van der Waals surface area contributed by atoms with E-state index < -0.39 is 29.2 Å². The maximum atomic E-state index is 17.1. The van der Waals surface area contributed by atoms with Crippen LogP contribution in [0.1, 0.15) is 38.2 Å². The molecule has 266 valence electrons. The monoisotopic (exact) mass is 699 g/mol. The van der Waals surface area contributed by atoms with E-state index in [4.69, 9.17) is 19.2 Å². The summed E-state index contributed by atoms with van der Waals surface area (Å²) in [6.07, 6.45) is 3.57. The summed E-state index contributed by atoms with van der Waals surface area (Å²) >= 11 is 0. The largest absolute Gasteiger partial charge is 0.508 e. The highest BCUT2D eigenvalue weighted by molar-refractivity contribution is 6.01. The van der Waals surface area contributed by atoms with Gasteiger partial charge in [0.2, 0.25) is 0 Å². The van der Waals surface area contributed by atoms with Crippen LogP contribution in [-0.4, -0.2) is 95.7 Å². The first-order chi connectivity index (χ1) is 24.6. The number of nitrogens with zero attached hydrogens (tertiary/aromatic N) is 6. The Hall–Kier alpha value is -4.87. The van der Waals surface area contributed by atoms with Crippen LogP contribution in [0, 0.1) is 34.3 Å². The van der Waals surface area contributed by atoms with Gasteiger partial charge >= 0.3 is 12.1 Å². The van der Waals surface area contributed by atoms with E-state index in [0.717, 1.165) is 32.5 Å². The van der Waals surface area contributed by atoms with Gasteiger partial charge in [0.1, 0.15) is 28.6 Å². The second kappa shape index (κ2) is 13.0. The number of aromatic nitrogens is 3. The van der Waals surface area contributed by atoms with Crippen LogP contribution in [0.3, 0.4) is 0 Å². The summed E-state index contributed by atoms with van der Waals surface area (Å²) in [5.41, 5.74) is -0.689. The molecule has 3 fully saturated rings. The molecule has 0 radical (unpaired) electrons. The molecule has 6 heterocycles. The molecule has 0 spiro atoms. The summed E-state index contributed by atoms with van der Waals surface area (Å²) in [5, 5.41) is 24.9. The molecule has 1 saturated carbocycles. The molecular formula is C37H39F2N7O5. The molecule has 12 nitrogen and oxygen atoms in total. The van der Waals surface area contributed by atoms with Crippen molar-refractivity contribution in [3.63, 3.8) is 0 Å². The highest BCUT2D eigenvalue weighted by atomic mass is 19.1. The van der Waals surface area contributed by atoms with Crippen LogP contribution >= 0.6 is 0 Å². The Balaban J connectivity index is 1.28. The highest BCUT2D eigenvalue weighted by Gasteiger charge is 2.45. The normalized spacial score (nSPS) is 23.5. The van der Waals surface area contributed by atoms with E-state index in [1.807, 2.05) is 11.8 Å². The summed E-state index contributed by atoms with van der Waals surface area (Å²) in [4.78, 5) is 31.3. The standard InChI is InChI=1S/C37H39F2N7O5/c1-36-15-22(16-40)18-46(19-36)33-27-17-41-31(26-14-24(47)13-23-4-5-28(38)25(29(23)26)3-2-10-50-35(48)44-36)30(39)32(27)42-34(43-33)51-21-37(6-7-37)20-45-8-11-49-12-9-45/h4-5,13-14,17,22,47H,2-3,6-12,15,18-21H2,1H3,(H,44,48)/t22-,36+/m0/s1. The lowest BCUT2D eigenvalue weighted by Crippen LogP contribution is -2.59. The number of pyridine rings is 1. The van der Waals surface area contributed by atoms with Crippen molar-refractivity contribution in [1.82, 2.24) is 25.2 Å². The molecule has 9 rings (SSSR count). The van der Waals surface area contributed by atoms with Gasteiger partial charge in [0.15, 0.2) is 5.82 Å². The molecule has 2 N–H and O–H groups in total. The smallest absolute Gasteiger partial charge is 0.407 e. The number of aryl methyl sites for hydroxylation is 1. The highest BCUT2D eigenvalue weighted by Crippen LogP contribution is 2.47. The first-order valence-corrected chi connectivity index (χ1v) is 17.5. The zero-order valence-corrected chi connectivity index (χ0v) is 28.4. The number of ether oxygens (including phenoxy) is 3. The summed E-state index contributed by atoms with van der Waals surface area (Å²) in [6.45, 7) is 6.59. The number of fused-ring (bicyclic) bond motifs is 6. The molecule has 1 amide bonds. The average molecular weight is 700 g/mol. The number of nitriles is 1. The van der Waals surface area contributed by atoms with Gasteiger partial charge in [0.05, 0.1) is 49.3 Å². The molecule has 2 aromatic heterocycles. The third kappa shape index (κ3) is 6.56. The van der Waals surface area contributed by atoms with Crippen LogP contribution < -0.4 is 15.0 Å². The minimum Gasteiger partial charge on any atom is -0.508 e. The van der Waals surface area contributed by atoms with Gasteiger partial charge in [-0.3, -0.25) is 9.88 Å². The van der Waals surface area contributed by atoms with Crippen LogP contribution in [0.5, 0.6) is 11.8 Å². The molecule has 2 aromatic carbocycles. The fraction of sp³-hybridized carbons (Fsp3) is 0.486. The number of phenolic OH excluding ortho intramolecular Hbond substituents is 1. The topological polar surface area (TPSA) is 146 Å². The minimum atomic E-state index is -0.907. The first kappa shape index (κ1) is 33.3. The van der Waals surface area contributed by atoms with E-state index in [1.54, 1.807) is 0 Å². The van der Waals surface area contributed by atoms with Gasteiger partial charge in [0, 0.05) is 49.9 Å². The Bertz CT molecular complexity index is 2070. The first-order valence-electron chi connectivity index (χ1n) is 17.5. The Labute approximate surface area is 293 Å². The lowest BCUT2D eigenvalue weighted by molar-refractivity contribution is 0.0231. The lowest BCUT2D eigenvalue weighted by atomic mass is 9.84. The number of carbonyl (C=O) groups is 1. The number of morpholine rings is 1. The zero-order chi connectivity index (χ0) is 35.3. The van der Waals surface area contributed by atoms with E-state index in [0.29, 0.717) is 42.8 Å². The van der Waals surface area contributed by atoms with Crippen molar-refractivity contribution in [2.24, 2.45) is 11.3 Å². The number of benzene rings is 2. The summed E-state index contributed by atoms with van der Waals surface area (Å²) in [5.74, 6) is -1.63. The number of nitrogens with one attached hydrogen (secondary N) is 1. The van der Waals surface area contributed by atoms with Crippen molar-refractivity contribution >= 4 is 33.6 Å². The molecule has 2 atom stereocenters. The van der Waals surface area contributed by atoms with Crippen molar-refractivity contribution in [3.8, 4) is 29.1 Å². The average Bonchev–Trinajstić information content (AvgIpc) is 3.88. The Morgan fingerprint density at radius 2 is 2.00 bits per heavy atom. The third-order valence-electron chi connectivity index (χ3n) is 10.5. The fourth-order valence-corrected chi connectivity index (χ4v) is 7.88. The SMILES string of the molecule is C[C@@]12C[C@@H](C#N)CN(C1)c1nc(OCC3(CN4CCOCC4)CC3)nc3c(F)c(ncc13)-c1cc(O)cc3ccc(F)c(c13)CCCOC(=O)N2. The van der Waals surface area contributed by atoms with Crippen molar-refractivity contribution in [1.29, 1.82) is 5.26 Å². The molecule has 4 aromatic rings. The molecule has 1 aliphatic carbocycles. The van der Waals surface area contributed by atoms with E-state index in [-0.39, 0.29) is 77.4 Å². The maximum absolute atomic E-state index is 17.1. The number of aromatic hydroxyl groups is 1. The van der Waals surface area contributed by atoms with Gasteiger partial charge in [-0.2, -0.15) is 15.2 Å². The second-order valence-electron chi connectivity index (χ2n) is 14.6. The number of hydrogen-bond acceptors (Lipinski definition) is 11. The van der Waals surface area contributed by atoms with E-state index >= 15 is 8.78 Å². The number of hydrogen-bond donors (Lipinski definition) is 2. The molecule has 2 saturated heterocycles. The lowest BCUT2D eigenvalue weighted by Gasteiger charge is -2.43. The van der Waals surface area contributed by atoms with Crippen molar-refractivity contribution in [2.45, 2.75) is 44.6 Å². The number of carbonyl (C=O) groups excluding carboxylic acids is 1. The molecule has 5 aliphatic rings. The van der Waals surface area contributed by atoms with Crippen LogP contribution in [-0.2, 0) is 15.9 Å². The van der Waals surface area contributed by atoms with Crippen LogP contribution in [0.15, 0.2) is 30.5 Å². The quantitative estimate of drug-likeness (QED) is 0.287. The minimum absolute atomic E-state index is 0.00408. The maximum Gasteiger partial charge on any atom is 0.407 e. The van der Waals surface area contributed by atoms with Crippen molar-refractivity contribution < 1.29 is 32.9 Å². The molecule has 51 heavy (non-hydrogen) atoms. The molecule has 4 aliphatic heterocycles. The van der Waals surface area contributed by atoms with Gasteiger partial charge < -0.3 is 29.5 Å². The number of halogens is 2. The Morgan fingerprint density at radius 3 is 2.78 bits per heavy atom. The summed E-state index contributed by atoms with van der Waals surface area (Å²) < 4.78 is 50.0. The summed E-state index contributed by atoms with van der Waals surface area (Å²) in [6, 6.07) is 8.00. The zero-order valence-electron chi connectivity index (χ0n) is 28.4. The van der Waals surface area contributed by atoms with Crippen molar-refractivity contribution in [2.75, 3.05) is 64.1 Å². The van der Waals surface area contributed by atoms with Crippen LogP contribution in [0.25, 0.3) is 32.9 Å². The third-order valence-corrected chi connectivity index (χ3v) is 10.5. The molecule has 0 unspecified atom stereocenters. The van der Waals surface area contributed by atoms with Gasteiger partial charge in [-0.05, 0) is 73.6 Å². The molecule has 6 bridgehead atoms. The molecular weight excluding hydrogens is 660 g/mol. The van der Waals surface area contributed by atoms with Gasteiger partial charge in [-0.1, -0.05) is 6.07 Å². The fourth-order valence-electron chi connectivity index (χ4n) is 7.88. The van der Waals surface area contributed by atoms with Gasteiger partial charge in [0.25, 0.3) is 0 Å². The molecule has 14 heteroatoms. The number of phenols is 1. The number of amides is 1. The van der Waals surface area contributed by atoms with Gasteiger partial charge in [-0.25, -0.2) is 13.6 Å². The number of piperidine rings is 1. The van der Waals surface area contributed by atoms with Crippen LogP contribution in [0.2, 0.25) is 0 Å². The summed E-state index contributed by atoms with van der Waals surface area (Å²) in [7, 11) is 0. The van der Waals surface area contributed by atoms with Crippen LogP contribution in [0.4, 0.5) is 19.4 Å². The van der Waals surface area contributed by atoms with Crippen molar-refractivity contribution in [3.05, 3.63) is 47.7 Å². The second-order valence-corrected chi connectivity index (χ2v) is 14.6. The predicted octanol–water partition coefficient (Wildman–Crippen LogP) is 5.10. The number of rotatable bonds is 5. The predicted molar refractivity (Wildman–Crippen MR) is 183 cm³/mol. The van der Waals surface area contributed by atoms with Gasteiger partial charge in [-0.15, -0.1) is 0 Å². The van der Waals surface area contributed by atoms with E-state index in [9.17, 15) is 15.2 Å². The van der Waals surface area contributed by atoms with E-state index in [1.165, 1.54) is 30.5 Å².